The Kier molecular flexibility index (Phi) is 14.9. The first-order chi connectivity index (χ1) is 10.3. The van der Waals surface area contributed by atoms with Gasteiger partial charge in [0.2, 0.25) is 0 Å². The van der Waals surface area contributed by atoms with E-state index in [0.29, 0.717) is 0 Å². The lowest BCUT2D eigenvalue weighted by Crippen LogP contribution is -1.98. The van der Waals surface area contributed by atoms with Gasteiger partial charge in [-0.3, -0.25) is 0 Å². The van der Waals surface area contributed by atoms with Crippen molar-refractivity contribution in [3.63, 3.8) is 0 Å². The third-order valence-corrected chi connectivity index (χ3v) is 2.58. The van der Waals surface area contributed by atoms with Gasteiger partial charge in [0.15, 0.2) is 0 Å². The van der Waals surface area contributed by atoms with Gasteiger partial charge in [0.05, 0.1) is 0 Å². The van der Waals surface area contributed by atoms with Gasteiger partial charge in [-0.05, 0) is 31.5 Å². The summed E-state index contributed by atoms with van der Waals surface area (Å²) in [5.41, 5.74) is 6.35. The Balaban J connectivity index is 0.000000312. The van der Waals surface area contributed by atoms with Crippen LogP contribution in [0.15, 0.2) is 66.7 Å². The summed E-state index contributed by atoms with van der Waals surface area (Å²) in [5, 5.41) is 3.29. The van der Waals surface area contributed by atoms with Crippen LogP contribution in [-0.2, 0) is 0 Å². The van der Waals surface area contributed by atoms with Crippen LogP contribution >= 0.6 is 0 Å². The Morgan fingerprint density at radius 2 is 1.24 bits per heavy atom. The van der Waals surface area contributed by atoms with E-state index in [4.69, 9.17) is 5.73 Å². The van der Waals surface area contributed by atoms with Crippen LogP contribution in [0.2, 0.25) is 0 Å². The normalized spacial score (nSPS) is 8.71. The number of anilines is 1. The molecule has 0 bridgehead atoms. The predicted octanol–water partition coefficient (Wildman–Crippen LogP) is 4.94. The van der Waals surface area contributed by atoms with Crippen LogP contribution in [0.4, 0.5) is 5.69 Å². The maximum absolute atomic E-state index is 5.14. The molecule has 2 rings (SSSR count). The van der Waals surface area contributed by atoms with Crippen molar-refractivity contribution < 1.29 is 0 Å². The highest BCUT2D eigenvalue weighted by atomic mass is 14.9. The van der Waals surface area contributed by atoms with Crippen molar-refractivity contribution in [3.05, 3.63) is 66.7 Å². The lowest BCUT2D eigenvalue weighted by molar-refractivity contribution is 0.807. The fourth-order valence-electron chi connectivity index (χ4n) is 1.41. The molecule has 2 nitrogen and oxygen atoms in total. The maximum atomic E-state index is 5.14. The summed E-state index contributed by atoms with van der Waals surface area (Å²) >= 11 is 0. The van der Waals surface area contributed by atoms with Crippen LogP contribution in [-0.4, -0.2) is 13.1 Å². The first-order valence-electron chi connectivity index (χ1n) is 7.84. The molecule has 116 valence electrons. The number of para-hydroxylation sites is 1. The lowest BCUT2D eigenvalue weighted by Gasteiger charge is -2.01. The molecule has 0 saturated heterocycles. The molecule has 3 N–H and O–H groups in total. The zero-order valence-electron chi connectivity index (χ0n) is 13.5. The van der Waals surface area contributed by atoms with Gasteiger partial charge < -0.3 is 11.1 Å². The Morgan fingerprint density at radius 1 is 0.762 bits per heavy atom. The molecule has 2 heteroatoms. The molecule has 0 fully saturated rings. The summed E-state index contributed by atoms with van der Waals surface area (Å²) in [5.74, 6) is 0. The number of nitrogens with one attached hydrogen (secondary N) is 1. The van der Waals surface area contributed by atoms with Crippen LogP contribution in [0.1, 0.15) is 33.1 Å². The van der Waals surface area contributed by atoms with Crippen LogP contribution in [0, 0.1) is 0 Å². The van der Waals surface area contributed by atoms with Gasteiger partial charge in [-0.1, -0.05) is 74.9 Å². The molecule has 0 aromatic heterocycles. The highest BCUT2D eigenvalue weighted by Crippen LogP contribution is 2.03. The monoisotopic (exact) mass is 286 g/mol. The molecule has 0 aliphatic rings. The van der Waals surface area contributed by atoms with E-state index in [2.05, 4.69) is 31.3 Å². The second kappa shape index (κ2) is 16.3. The molecule has 0 saturated carbocycles. The predicted molar refractivity (Wildman–Crippen MR) is 95.6 cm³/mol. The molecule has 0 atom stereocenters. The van der Waals surface area contributed by atoms with Gasteiger partial charge in [0, 0.05) is 12.2 Å². The molecule has 0 aliphatic heterocycles. The largest absolute Gasteiger partial charge is 0.385 e. The smallest absolute Gasteiger partial charge is 0.0340 e. The third-order valence-electron chi connectivity index (χ3n) is 2.58. The number of hydrogen-bond acceptors (Lipinski definition) is 2. The summed E-state index contributed by atoms with van der Waals surface area (Å²) < 4.78 is 0. The third kappa shape index (κ3) is 14.4. The Bertz CT molecular complexity index is 358. The minimum atomic E-state index is 0.844. The fourth-order valence-corrected chi connectivity index (χ4v) is 1.41. The summed E-state index contributed by atoms with van der Waals surface area (Å²) in [4.78, 5) is 0. The van der Waals surface area contributed by atoms with E-state index in [1.165, 1.54) is 24.9 Å². The van der Waals surface area contributed by atoms with Crippen molar-refractivity contribution in [1.29, 1.82) is 0 Å². The molecule has 0 amide bonds. The average Bonchev–Trinajstić information content (AvgIpc) is 2.57. The van der Waals surface area contributed by atoms with Gasteiger partial charge in [-0.2, -0.15) is 0 Å². The highest BCUT2D eigenvalue weighted by Gasteiger charge is 1.84. The number of nitrogens with two attached hydrogens (primary N) is 1. The number of benzene rings is 2. The van der Waals surface area contributed by atoms with Crippen molar-refractivity contribution in [2.24, 2.45) is 5.73 Å². The highest BCUT2D eigenvalue weighted by molar-refractivity contribution is 5.42. The second-order valence-electron chi connectivity index (χ2n) is 4.59. The van der Waals surface area contributed by atoms with Gasteiger partial charge >= 0.3 is 0 Å². The topological polar surface area (TPSA) is 38.0 Å². The van der Waals surface area contributed by atoms with E-state index >= 15 is 0 Å². The van der Waals surface area contributed by atoms with E-state index in [-0.39, 0.29) is 0 Å². The number of hydrogen-bond donors (Lipinski definition) is 2. The van der Waals surface area contributed by atoms with Gasteiger partial charge in [0.25, 0.3) is 0 Å². The lowest BCUT2D eigenvalue weighted by atomic mass is 10.3. The van der Waals surface area contributed by atoms with Crippen LogP contribution in [0.25, 0.3) is 0 Å². The minimum Gasteiger partial charge on any atom is -0.385 e. The van der Waals surface area contributed by atoms with Crippen molar-refractivity contribution >= 4 is 5.69 Å². The van der Waals surface area contributed by atoms with Crippen molar-refractivity contribution in [1.82, 2.24) is 0 Å². The van der Waals surface area contributed by atoms with Crippen molar-refractivity contribution in [2.75, 3.05) is 18.4 Å². The van der Waals surface area contributed by atoms with E-state index in [9.17, 15) is 0 Å². The second-order valence-corrected chi connectivity index (χ2v) is 4.59. The van der Waals surface area contributed by atoms with Gasteiger partial charge in [-0.15, -0.1) is 0 Å². The minimum absolute atomic E-state index is 0.844. The molecule has 0 unspecified atom stereocenters. The molecular formula is C19H30N2. The van der Waals surface area contributed by atoms with Crippen molar-refractivity contribution in [3.8, 4) is 0 Å². The maximum Gasteiger partial charge on any atom is 0.0340 e. The van der Waals surface area contributed by atoms with E-state index in [0.717, 1.165) is 13.1 Å². The number of unbranched alkanes of at least 4 members (excludes halogenated alkanes) is 1. The Morgan fingerprint density at radius 3 is 1.57 bits per heavy atom. The number of rotatable bonds is 5. The van der Waals surface area contributed by atoms with E-state index in [1.54, 1.807) is 0 Å². The molecule has 0 aliphatic carbocycles. The van der Waals surface area contributed by atoms with E-state index in [1.807, 2.05) is 54.6 Å². The average molecular weight is 286 g/mol. The zero-order valence-corrected chi connectivity index (χ0v) is 13.5. The first kappa shape index (κ1) is 19.2. The Hall–Kier alpha value is -1.80. The molecule has 0 spiro atoms. The molecule has 2 aromatic rings. The molecule has 21 heavy (non-hydrogen) atoms. The zero-order chi connectivity index (χ0) is 15.6. The Labute approximate surface area is 130 Å². The summed E-state index contributed by atoms with van der Waals surface area (Å²) in [6.07, 6.45) is 3.56. The quantitative estimate of drug-likeness (QED) is 0.817. The summed E-state index contributed by atoms with van der Waals surface area (Å²) in [6.45, 7) is 6.20. The van der Waals surface area contributed by atoms with Crippen LogP contribution in [0.3, 0.4) is 0 Å². The SMILES string of the molecule is CCCCN.CCCNc1ccccc1.c1ccccc1. The van der Waals surface area contributed by atoms with Crippen LogP contribution in [0.5, 0.6) is 0 Å². The molecule has 0 heterocycles. The standard InChI is InChI=1S/C9H13N.C6H6.C4H11N/c1-2-8-10-9-6-4-3-5-7-9;1-2-4-6-5-3-1;1-2-3-4-5/h3-7,10H,2,8H2,1H3;1-6H;2-5H2,1H3. The molecule has 0 radical (unpaired) electrons. The summed E-state index contributed by atoms with van der Waals surface area (Å²) in [6, 6.07) is 22.3. The fraction of sp³-hybridized carbons (Fsp3) is 0.368. The van der Waals surface area contributed by atoms with E-state index < -0.39 is 0 Å². The van der Waals surface area contributed by atoms with Gasteiger partial charge in [-0.25, -0.2) is 0 Å². The first-order valence-corrected chi connectivity index (χ1v) is 7.84. The van der Waals surface area contributed by atoms with Crippen LogP contribution < -0.4 is 11.1 Å². The molecular weight excluding hydrogens is 256 g/mol. The summed E-state index contributed by atoms with van der Waals surface area (Å²) in [7, 11) is 0. The van der Waals surface area contributed by atoms with Gasteiger partial charge in [0.1, 0.15) is 0 Å². The molecule has 2 aromatic carbocycles. The van der Waals surface area contributed by atoms with Crippen molar-refractivity contribution in [2.45, 2.75) is 33.1 Å².